The van der Waals surface area contributed by atoms with Gasteiger partial charge < -0.3 is 29.3 Å². The number of aryl methyl sites for hydroxylation is 1. The molecule has 4 fully saturated rings. The highest BCUT2D eigenvalue weighted by molar-refractivity contribution is 6.01. The first-order chi connectivity index (χ1) is 25.4. The second-order valence-corrected chi connectivity index (χ2v) is 16.2. The van der Waals surface area contributed by atoms with E-state index in [1.165, 1.54) is 18.3 Å². The summed E-state index contributed by atoms with van der Waals surface area (Å²) in [5.41, 5.74) is -0.627. The molecule has 3 saturated heterocycles. The summed E-state index contributed by atoms with van der Waals surface area (Å²) in [7, 11) is 0. The van der Waals surface area contributed by atoms with Gasteiger partial charge in [-0.3, -0.25) is 9.88 Å². The average molecular weight is 732 g/mol. The lowest BCUT2D eigenvalue weighted by atomic mass is 9.74. The number of phenolic OH excluding ortho intramolecular Hbond substituents is 1. The Labute approximate surface area is 309 Å². The molecule has 2 N–H and O–H groups in total. The van der Waals surface area contributed by atoms with Crippen LogP contribution >= 0.6 is 0 Å². The predicted octanol–water partition coefficient (Wildman–Crippen LogP) is 6.95. The number of pyridine rings is 1. The van der Waals surface area contributed by atoms with Crippen LogP contribution in [-0.4, -0.2) is 99.4 Å². The molecule has 0 bridgehead atoms. The molecule has 0 spiro atoms. The quantitative estimate of drug-likeness (QED) is 0.207. The maximum Gasteiger partial charge on any atom is 0.319 e. The number of halogens is 2. The van der Waals surface area contributed by atoms with Gasteiger partial charge in [0.15, 0.2) is 5.82 Å². The van der Waals surface area contributed by atoms with Crippen molar-refractivity contribution in [1.82, 2.24) is 19.9 Å². The van der Waals surface area contributed by atoms with E-state index in [1.807, 2.05) is 11.8 Å². The molecule has 6 atom stereocenters. The normalized spacial score (nSPS) is 29.8. The predicted molar refractivity (Wildman–Crippen MR) is 199 cm³/mol. The van der Waals surface area contributed by atoms with E-state index in [1.54, 1.807) is 19.1 Å². The fourth-order valence-electron chi connectivity index (χ4n) is 9.96. The van der Waals surface area contributed by atoms with Crippen LogP contribution in [-0.2, 0) is 15.9 Å². The van der Waals surface area contributed by atoms with Gasteiger partial charge in [0.2, 0.25) is 0 Å². The summed E-state index contributed by atoms with van der Waals surface area (Å²) in [5, 5.41) is 23.2. The lowest BCUT2D eigenvalue weighted by molar-refractivity contribution is -0.0967. The molecule has 3 aliphatic heterocycles. The maximum atomic E-state index is 17.1. The molecule has 4 aromatic rings. The number of likely N-dealkylation sites (tertiary alicyclic amines) is 1. The second-order valence-electron chi connectivity index (χ2n) is 16.2. The summed E-state index contributed by atoms with van der Waals surface area (Å²) in [6.45, 7) is 10.5. The lowest BCUT2D eigenvalue weighted by Crippen LogP contribution is -2.57. The topological polar surface area (TPSA) is 113 Å². The molecule has 4 aliphatic rings. The number of nitrogens with zero attached hydrogens (tertiary/aromatic N) is 5. The molecule has 2 aromatic carbocycles. The van der Waals surface area contributed by atoms with Crippen LogP contribution in [0.4, 0.5) is 14.6 Å². The van der Waals surface area contributed by atoms with Crippen LogP contribution in [0.5, 0.6) is 11.8 Å². The maximum absolute atomic E-state index is 17.1. The Hall–Kier alpha value is -3.71. The Morgan fingerprint density at radius 1 is 1.06 bits per heavy atom. The van der Waals surface area contributed by atoms with Crippen LogP contribution in [0.25, 0.3) is 32.9 Å². The third-order valence-electron chi connectivity index (χ3n) is 12.1. The number of aromatic nitrogens is 3. The van der Waals surface area contributed by atoms with Crippen LogP contribution in [0, 0.1) is 17.0 Å². The van der Waals surface area contributed by atoms with Gasteiger partial charge in [-0.25, -0.2) is 8.78 Å². The number of rotatable bonds is 7. The SMILES string of the molecule is CCc1c(F)ccc2cc(O)cc(-c3ncc4c(N5CCOC[C@@](C)(O)C5)nc(OC[C@]56CCC[C@H]5N(C5C[C@@H](C)O[C@@H](C)C5)CCC6)nc4c3F)c12. The van der Waals surface area contributed by atoms with Crippen LogP contribution in [0.3, 0.4) is 0 Å². The Morgan fingerprint density at radius 2 is 1.85 bits per heavy atom. The number of hydrogen-bond acceptors (Lipinski definition) is 10. The Kier molecular flexibility index (Phi) is 9.70. The molecular formula is C41H51F2N5O5. The summed E-state index contributed by atoms with van der Waals surface area (Å²) >= 11 is 0. The molecular weight excluding hydrogens is 680 g/mol. The Balaban J connectivity index is 1.21. The van der Waals surface area contributed by atoms with E-state index in [4.69, 9.17) is 24.2 Å². The summed E-state index contributed by atoms with van der Waals surface area (Å²) in [5.74, 6) is -0.824. The third kappa shape index (κ3) is 6.81. The molecule has 1 saturated carbocycles. The van der Waals surface area contributed by atoms with Gasteiger partial charge >= 0.3 is 6.01 Å². The molecule has 284 valence electrons. The molecule has 2 aromatic heterocycles. The van der Waals surface area contributed by atoms with E-state index < -0.39 is 17.2 Å². The number of fused-ring (bicyclic) bond motifs is 3. The number of hydrogen-bond donors (Lipinski definition) is 2. The number of benzene rings is 2. The highest BCUT2D eigenvalue weighted by Gasteiger charge is 2.50. The number of ether oxygens (including phenoxy) is 3. The minimum Gasteiger partial charge on any atom is -0.508 e. The van der Waals surface area contributed by atoms with E-state index in [0.29, 0.717) is 65.8 Å². The highest BCUT2D eigenvalue weighted by atomic mass is 19.1. The van der Waals surface area contributed by atoms with Crippen molar-refractivity contribution in [2.24, 2.45) is 5.41 Å². The standard InChI is InChI=1S/C41H51F2N5O5/c1-5-29-32(42)10-9-26-18-28(49)19-30(34(26)29)36-35(43)37-31(20-44-36)38(47-14-15-51-22-40(4,50)21-47)46-39(45-37)52-23-41-11-6-8-33(41)48(13-7-12-41)27-16-24(2)53-25(3)17-27/h9-10,18-20,24-25,27,33,49-50H,5-8,11-17,21-23H2,1-4H3/t24-,25+,27?,33-,40+,41-/m1/s1. The van der Waals surface area contributed by atoms with E-state index in [-0.39, 0.29) is 59.3 Å². The van der Waals surface area contributed by atoms with Crippen molar-refractivity contribution in [2.45, 2.75) is 109 Å². The molecule has 10 nitrogen and oxygen atoms in total. The van der Waals surface area contributed by atoms with Crippen molar-refractivity contribution < 1.29 is 33.2 Å². The van der Waals surface area contributed by atoms with Crippen LogP contribution in [0.1, 0.15) is 78.2 Å². The summed E-state index contributed by atoms with van der Waals surface area (Å²) in [6.07, 6.45) is 9.78. The largest absolute Gasteiger partial charge is 0.508 e. The molecule has 8 rings (SSSR count). The van der Waals surface area contributed by atoms with Gasteiger partial charge in [-0.1, -0.05) is 19.4 Å². The van der Waals surface area contributed by atoms with Crippen molar-refractivity contribution in [3.05, 3.63) is 47.7 Å². The number of piperidine rings is 1. The fraction of sp³-hybridized carbons (Fsp3) is 0.585. The van der Waals surface area contributed by atoms with Crippen LogP contribution in [0.15, 0.2) is 30.5 Å². The zero-order chi connectivity index (χ0) is 37.1. The number of β-amino-alcohol motifs (C(OH)–C–C–N with tert-alkyl or cyclic N) is 1. The van der Waals surface area contributed by atoms with Crippen molar-refractivity contribution in [2.75, 3.05) is 44.4 Å². The summed E-state index contributed by atoms with van der Waals surface area (Å²) in [6, 6.07) is 6.80. The van der Waals surface area contributed by atoms with E-state index in [2.05, 4.69) is 23.7 Å². The van der Waals surface area contributed by atoms with Gasteiger partial charge in [0, 0.05) is 35.8 Å². The van der Waals surface area contributed by atoms with E-state index in [0.717, 1.165) is 51.5 Å². The first kappa shape index (κ1) is 36.3. The Morgan fingerprint density at radius 3 is 2.64 bits per heavy atom. The van der Waals surface area contributed by atoms with Crippen molar-refractivity contribution in [3.63, 3.8) is 0 Å². The van der Waals surface area contributed by atoms with Gasteiger partial charge in [-0.15, -0.1) is 0 Å². The smallest absolute Gasteiger partial charge is 0.319 e. The molecule has 0 amide bonds. The van der Waals surface area contributed by atoms with E-state index >= 15 is 8.78 Å². The summed E-state index contributed by atoms with van der Waals surface area (Å²) in [4.78, 5) is 18.8. The number of aliphatic hydroxyl groups is 1. The number of phenols is 1. The van der Waals surface area contributed by atoms with Gasteiger partial charge in [-0.05, 0) is 107 Å². The fourth-order valence-corrected chi connectivity index (χ4v) is 9.96. The van der Waals surface area contributed by atoms with E-state index in [9.17, 15) is 10.2 Å². The zero-order valence-electron chi connectivity index (χ0n) is 31.2. The minimum absolute atomic E-state index is 0.00155. The van der Waals surface area contributed by atoms with Crippen LogP contribution in [0.2, 0.25) is 0 Å². The second kappa shape index (κ2) is 14.2. The Bertz CT molecular complexity index is 2000. The summed E-state index contributed by atoms with van der Waals surface area (Å²) < 4.78 is 50.7. The molecule has 53 heavy (non-hydrogen) atoms. The van der Waals surface area contributed by atoms with Crippen molar-refractivity contribution in [3.8, 4) is 23.0 Å². The molecule has 0 radical (unpaired) electrons. The van der Waals surface area contributed by atoms with Gasteiger partial charge in [0.05, 0.1) is 44.0 Å². The molecule has 1 aliphatic carbocycles. The van der Waals surface area contributed by atoms with Gasteiger partial charge in [-0.2, -0.15) is 9.97 Å². The molecule has 5 heterocycles. The first-order valence-electron chi connectivity index (χ1n) is 19.3. The first-order valence-corrected chi connectivity index (χ1v) is 19.3. The van der Waals surface area contributed by atoms with Crippen LogP contribution < -0.4 is 9.64 Å². The number of aromatic hydroxyl groups is 1. The van der Waals surface area contributed by atoms with Crippen molar-refractivity contribution in [1.29, 1.82) is 0 Å². The molecule has 12 heteroatoms. The van der Waals surface area contributed by atoms with Gasteiger partial charge in [0.25, 0.3) is 0 Å². The van der Waals surface area contributed by atoms with Crippen molar-refractivity contribution >= 4 is 27.5 Å². The zero-order valence-corrected chi connectivity index (χ0v) is 31.2. The average Bonchev–Trinajstić information content (AvgIpc) is 3.47. The monoisotopic (exact) mass is 731 g/mol. The minimum atomic E-state index is -1.18. The number of anilines is 1. The molecule has 1 unspecified atom stereocenters. The highest BCUT2D eigenvalue weighted by Crippen LogP contribution is 2.50. The lowest BCUT2D eigenvalue weighted by Gasteiger charge is -2.51. The third-order valence-corrected chi connectivity index (χ3v) is 12.1. The van der Waals surface area contributed by atoms with Gasteiger partial charge in [0.1, 0.15) is 34.2 Å².